The summed E-state index contributed by atoms with van der Waals surface area (Å²) in [4.78, 5) is 30.1. The van der Waals surface area contributed by atoms with Crippen LogP contribution in [0.4, 0.5) is 0 Å². The van der Waals surface area contributed by atoms with Crippen LogP contribution in [0.2, 0.25) is 0 Å². The Bertz CT molecular complexity index is 997. The summed E-state index contributed by atoms with van der Waals surface area (Å²) in [6, 6.07) is 13.2. The van der Waals surface area contributed by atoms with Gasteiger partial charge in [-0.1, -0.05) is 18.2 Å². The number of carbonyl (C=O) groups excluding carboxylic acids is 2. The van der Waals surface area contributed by atoms with Crippen LogP contribution in [0.25, 0.3) is 0 Å². The highest BCUT2D eigenvalue weighted by Crippen LogP contribution is 2.39. The maximum atomic E-state index is 13.1. The summed E-state index contributed by atoms with van der Waals surface area (Å²) in [5.74, 6) is 0.142. The molecule has 0 fully saturated rings. The highest BCUT2D eigenvalue weighted by molar-refractivity contribution is 7.10. The van der Waals surface area contributed by atoms with Crippen molar-refractivity contribution >= 4 is 34.5 Å². The fourth-order valence-electron chi connectivity index (χ4n) is 3.63. The third kappa shape index (κ3) is 4.06. The molecule has 29 heavy (non-hydrogen) atoms. The zero-order chi connectivity index (χ0) is 20.2. The molecule has 2 aromatic heterocycles. The molecule has 3 heterocycles. The average Bonchev–Trinajstić information content (AvgIpc) is 3.43. The zero-order valence-corrected chi connectivity index (χ0v) is 17.7. The maximum absolute atomic E-state index is 13.1. The molecule has 0 bridgehead atoms. The molecule has 150 valence electrons. The second-order valence-electron chi connectivity index (χ2n) is 6.67. The van der Waals surface area contributed by atoms with Crippen LogP contribution >= 0.6 is 22.7 Å². The van der Waals surface area contributed by atoms with Crippen molar-refractivity contribution in [2.75, 3.05) is 19.7 Å². The minimum absolute atomic E-state index is 0.0410. The number of hydrogen-bond acceptors (Lipinski definition) is 5. The molecule has 7 heteroatoms. The minimum Gasteiger partial charge on any atom is -0.493 e. The van der Waals surface area contributed by atoms with E-state index in [1.807, 2.05) is 29.3 Å². The number of nitrogens with one attached hydrogen (secondary N) is 1. The molecule has 1 aliphatic rings. The van der Waals surface area contributed by atoms with Gasteiger partial charge in [0.15, 0.2) is 0 Å². The SMILES string of the molecule is CCOc1ccccc1C(=O)NCC(=O)N1CCc2sccc2C1c1cccs1. The van der Waals surface area contributed by atoms with Gasteiger partial charge in [-0.15, -0.1) is 22.7 Å². The van der Waals surface area contributed by atoms with E-state index in [2.05, 4.69) is 22.8 Å². The van der Waals surface area contributed by atoms with Crippen LogP contribution in [0.3, 0.4) is 0 Å². The highest BCUT2D eigenvalue weighted by atomic mass is 32.1. The van der Waals surface area contributed by atoms with E-state index in [0.717, 1.165) is 11.3 Å². The highest BCUT2D eigenvalue weighted by Gasteiger charge is 2.33. The predicted octanol–water partition coefficient (Wildman–Crippen LogP) is 4.11. The molecule has 0 radical (unpaired) electrons. The Morgan fingerprint density at radius 3 is 2.79 bits per heavy atom. The smallest absolute Gasteiger partial charge is 0.255 e. The summed E-state index contributed by atoms with van der Waals surface area (Å²) in [5, 5.41) is 6.90. The van der Waals surface area contributed by atoms with Gasteiger partial charge in [0.2, 0.25) is 5.91 Å². The van der Waals surface area contributed by atoms with Crippen molar-refractivity contribution in [2.24, 2.45) is 0 Å². The first-order valence-corrected chi connectivity index (χ1v) is 11.3. The third-order valence-corrected chi connectivity index (χ3v) is 6.85. The van der Waals surface area contributed by atoms with Gasteiger partial charge in [-0.3, -0.25) is 9.59 Å². The van der Waals surface area contributed by atoms with Crippen molar-refractivity contribution in [2.45, 2.75) is 19.4 Å². The van der Waals surface area contributed by atoms with Gasteiger partial charge < -0.3 is 15.0 Å². The Morgan fingerprint density at radius 2 is 2.00 bits per heavy atom. The van der Waals surface area contributed by atoms with Crippen LogP contribution in [-0.2, 0) is 11.2 Å². The van der Waals surface area contributed by atoms with Crippen LogP contribution in [-0.4, -0.2) is 36.4 Å². The fourth-order valence-corrected chi connectivity index (χ4v) is 5.39. The first kappa shape index (κ1) is 19.7. The van der Waals surface area contributed by atoms with E-state index in [0.29, 0.717) is 24.5 Å². The van der Waals surface area contributed by atoms with Crippen LogP contribution < -0.4 is 10.1 Å². The van der Waals surface area contributed by atoms with Crippen molar-refractivity contribution in [3.63, 3.8) is 0 Å². The van der Waals surface area contributed by atoms with Crippen LogP contribution in [0.15, 0.2) is 53.2 Å². The Balaban J connectivity index is 1.49. The lowest BCUT2D eigenvalue weighted by molar-refractivity contribution is -0.132. The molecule has 1 aromatic carbocycles. The number of hydrogen-bond donors (Lipinski definition) is 1. The van der Waals surface area contributed by atoms with E-state index in [1.54, 1.807) is 40.9 Å². The lowest BCUT2D eigenvalue weighted by atomic mass is 9.98. The van der Waals surface area contributed by atoms with E-state index < -0.39 is 0 Å². The Labute approximate surface area is 177 Å². The Kier molecular flexibility index (Phi) is 5.97. The number of thiophene rings is 2. The summed E-state index contributed by atoms with van der Waals surface area (Å²) in [5.41, 5.74) is 1.64. The first-order valence-electron chi connectivity index (χ1n) is 9.58. The molecule has 1 N–H and O–H groups in total. The van der Waals surface area contributed by atoms with Crippen LogP contribution in [0.1, 0.15) is 38.6 Å². The molecule has 0 saturated heterocycles. The molecule has 5 nitrogen and oxygen atoms in total. The monoisotopic (exact) mass is 426 g/mol. The normalized spacial score (nSPS) is 15.6. The van der Waals surface area contributed by atoms with Crippen molar-refractivity contribution in [1.29, 1.82) is 0 Å². The molecule has 2 amide bonds. The lowest BCUT2D eigenvalue weighted by Gasteiger charge is -2.35. The van der Waals surface area contributed by atoms with Crippen molar-refractivity contribution in [1.82, 2.24) is 10.2 Å². The van der Waals surface area contributed by atoms with Gasteiger partial charge in [0, 0.05) is 16.3 Å². The second-order valence-corrected chi connectivity index (χ2v) is 8.65. The molecule has 3 aromatic rings. The van der Waals surface area contributed by atoms with Gasteiger partial charge >= 0.3 is 0 Å². The first-order chi connectivity index (χ1) is 14.2. The summed E-state index contributed by atoms with van der Waals surface area (Å²) in [6.45, 7) is 2.96. The van der Waals surface area contributed by atoms with Crippen LogP contribution in [0.5, 0.6) is 5.75 Å². The van der Waals surface area contributed by atoms with Crippen molar-refractivity contribution < 1.29 is 14.3 Å². The zero-order valence-electron chi connectivity index (χ0n) is 16.1. The Hall–Kier alpha value is -2.64. The number of rotatable bonds is 6. The van der Waals surface area contributed by atoms with Gasteiger partial charge in [0.05, 0.1) is 24.8 Å². The topological polar surface area (TPSA) is 58.6 Å². The molecule has 0 aliphatic carbocycles. The predicted molar refractivity (Wildman–Crippen MR) is 116 cm³/mol. The van der Waals surface area contributed by atoms with Gasteiger partial charge in [0.25, 0.3) is 5.91 Å². The number of fused-ring (bicyclic) bond motifs is 1. The number of para-hydroxylation sites is 1. The Morgan fingerprint density at radius 1 is 1.14 bits per heavy atom. The maximum Gasteiger partial charge on any atom is 0.255 e. The number of carbonyl (C=O) groups is 2. The molecule has 1 aliphatic heterocycles. The third-order valence-electron chi connectivity index (χ3n) is 4.93. The lowest BCUT2D eigenvalue weighted by Crippen LogP contribution is -2.45. The molecular formula is C22H22N2O3S2. The van der Waals surface area contributed by atoms with Crippen LogP contribution in [0, 0.1) is 0 Å². The molecule has 1 unspecified atom stereocenters. The second kappa shape index (κ2) is 8.80. The molecule has 4 rings (SSSR count). The minimum atomic E-state index is -0.302. The molecule has 1 atom stereocenters. The van der Waals surface area contributed by atoms with Crippen molar-refractivity contribution in [3.05, 3.63) is 74.1 Å². The molecule has 0 saturated carbocycles. The van der Waals surface area contributed by atoms with Gasteiger partial charge in [-0.25, -0.2) is 0 Å². The fraction of sp³-hybridized carbons (Fsp3) is 0.273. The van der Waals surface area contributed by atoms with E-state index >= 15 is 0 Å². The summed E-state index contributed by atoms with van der Waals surface area (Å²) in [7, 11) is 0. The summed E-state index contributed by atoms with van der Waals surface area (Å²) in [6.07, 6.45) is 0.849. The van der Waals surface area contributed by atoms with Gasteiger partial charge in [-0.05, 0) is 53.9 Å². The largest absolute Gasteiger partial charge is 0.493 e. The standard InChI is InChI=1S/C22H22N2O3S2/c1-2-27-17-7-4-3-6-15(17)22(26)23-14-20(25)24-11-9-18-16(10-13-29-18)21(24)19-8-5-12-28-19/h3-8,10,12-13,21H,2,9,11,14H2,1H3,(H,23,26). The van der Waals surface area contributed by atoms with E-state index in [1.165, 1.54) is 10.4 Å². The van der Waals surface area contributed by atoms with Gasteiger partial charge in [-0.2, -0.15) is 0 Å². The number of ether oxygens (including phenoxy) is 1. The van der Waals surface area contributed by atoms with E-state index in [9.17, 15) is 9.59 Å². The van der Waals surface area contributed by atoms with E-state index in [-0.39, 0.29) is 24.4 Å². The summed E-state index contributed by atoms with van der Waals surface area (Å²) < 4.78 is 5.52. The molecular weight excluding hydrogens is 404 g/mol. The quantitative estimate of drug-likeness (QED) is 0.645. The molecule has 0 spiro atoms. The average molecular weight is 427 g/mol. The van der Waals surface area contributed by atoms with Crippen molar-refractivity contribution in [3.8, 4) is 5.75 Å². The number of nitrogens with zero attached hydrogens (tertiary/aromatic N) is 1. The number of benzene rings is 1. The van der Waals surface area contributed by atoms with E-state index in [4.69, 9.17) is 4.74 Å². The van der Waals surface area contributed by atoms with Gasteiger partial charge in [0.1, 0.15) is 5.75 Å². The summed E-state index contributed by atoms with van der Waals surface area (Å²) >= 11 is 3.40. The number of amides is 2.